The van der Waals surface area contributed by atoms with Crippen molar-refractivity contribution in [2.75, 3.05) is 0 Å². The first kappa shape index (κ1) is 14.1. The number of hydrogen-bond acceptors (Lipinski definition) is 4. The summed E-state index contributed by atoms with van der Waals surface area (Å²) in [5, 5.41) is 9.72. The molecule has 19 heavy (non-hydrogen) atoms. The summed E-state index contributed by atoms with van der Waals surface area (Å²) in [4.78, 5) is 4.26. The van der Waals surface area contributed by atoms with Gasteiger partial charge in [-0.1, -0.05) is 5.98 Å². The molecule has 2 rings (SSSR count). The van der Waals surface area contributed by atoms with Crippen LogP contribution in [0.1, 0.15) is 39.1 Å². The van der Waals surface area contributed by atoms with Crippen LogP contribution in [0.3, 0.4) is 0 Å². The summed E-state index contributed by atoms with van der Waals surface area (Å²) in [6.07, 6.45) is 1.73. The van der Waals surface area contributed by atoms with Crippen molar-refractivity contribution in [3.8, 4) is 5.75 Å². The van der Waals surface area contributed by atoms with E-state index in [9.17, 15) is 5.11 Å². The van der Waals surface area contributed by atoms with Crippen LogP contribution in [0.4, 0.5) is 0 Å². The van der Waals surface area contributed by atoms with Gasteiger partial charge in [0.2, 0.25) is 0 Å². The molecule has 4 nitrogen and oxygen atoms in total. The van der Waals surface area contributed by atoms with E-state index in [0.29, 0.717) is 5.69 Å². The Morgan fingerprint density at radius 2 is 1.74 bits per heavy atom. The maximum Gasteiger partial charge on any atom is 0.487 e. The summed E-state index contributed by atoms with van der Waals surface area (Å²) in [7, 11) is -0.424. The lowest BCUT2D eigenvalue weighted by molar-refractivity contribution is 0.00578. The van der Waals surface area contributed by atoms with E-state index in [1.165, 1.54) is 0 Å². The first-order valence-corrected chi connectivity index (χ1v) is 6.42. The minimum atomic E-state index is -0.424. The number of aryl methyl sites for hydroxylation is 1. The van der Waals surface area contributed by atoms with Crippen LogP contribution in [0.2, 0.25) is 0 Å². The van der Waals surface area contributed by atoms with Crippen molar-refractivity contribution in [2.45, 2.75) is 45.8 Å². The fraction of sp³-hybridized carbons (Fsp3) is 0.500. The van der Waals surface area contributed by atoms with Crippen molar-refractivity contribution in [1.82, 2.24) is 4.98 Å². The quantitative estimate of drug-likeness (QED) is 0.831. The Balaban J connectivity index is 2.15. The van der Waals surface area contributed by atoms with Crippen LogP contribution in [0.5, 0.6) is 5.75 Å². The Labute approximate surface area is 114 Å². The highest BCUT2D eigenvalue weighted by atomic mass is 16.7. The van der Waals surface area contributed by atoms with Crippen molar-refractivity contribution >= 4 is 13.2 Å². The standard InChI is InChI=1S/C14H20BNO3/c1-10-6-7-12(17)11(16-10)8-9-15-18-13(2,3)14(4,5)19-15/h6-9,17H,1-5H3/b9-8+. The molecule has 1 aromatic heterocycles. The lowest BCUT2D eigenvalue weighted by atomic mass is 9.89. The van der Waals surface area contributed by atoms with E-state index in [4.69, 9.17) is 9.31 Å². The summed E-state index contributed by atoms with van der Waals surface area (Å²) in [5.41, 5.74) is 0.662. The van der Waals surface area contributed by atoms with Crippen LogP contribution in [0.25, 0.3) is 6.08 Å². The molecular formula is C14H20BNO3. The highest BCUT2D eigenvalue weighted by molar-refractivity contribution is 6.52. The SMILES string of the molecule is Cc1ccc(O)c(/C=C/B2OC(C)(C)C(C)(C)O2)n1. The molecule has 1 aliphatic rings. The van der Waals surface area contributed by atoms with Crippen molar-refractivity contribution < 1.29 is 14.4 Å². The maximum atomic E-state index is 9.72. The summed E-state index contributed by atoms with van der Waals surface area (Å²) < 4.78 is 11.7. The second-order valence-electron chi connectivity index (χ2n) is 5.84. The maximum absolute atomic E-state index is 9.72. The van der Waals surface area contributed by atoms with Crippen LogP contribution in [-0.4, -0.2) is 28.4 Å². The van der Waals surface area contributed by atoms with Crippen molar-refractivity contribution in [3.05, 3.63) is 29.5 Å². The van der Waals surface area contributed by atoms with Gasteiger partial charge in [0, 0.05) is 5.69 Å². The van der Waals surface area contributed by atoms with Crippen molar-refractivity contribution in [1.29, 1.82) is 0 Å². The zero-order valence-corrected chi connectivity index (χ0v) is 12.1. The van der Waals surface area contributed by atoms with E-state index in [1.54, 1.807) is 24.2 Å². The number of pyridine rings is 1. The summed E-state index contributed by atoms with van der Waals surface area (Å²) in [6.45, 7) is 9.89. The van der Waals surface area contributed by atoms with E-state index in [2.05, 4.69) is 4.98 Å². The molecule has 1 fully saturated rings. The molecule has 0 amide bonds. The average Bonchev–Trinajstić information content (AvgIpc) is 2.49. The smallest absolute Gasteiger partial charge is 0.487 e. The summed E-state index contributed by atoms with van der Waals surface area (Å²) >= 11 is 0. The minimum Gasteiger partial charge on any atom is -0.506 e. The largest absolute Gasteiger partial charge is 0.506 e. The van der Waals surface area contributed by atoms with Gasteiger partial charge < -0.3 is 14.4 Å². The Hall–Kier alpha value is -1.33. The summed E-state index contributed by atoms with van der Waals surface area (Å²) in [6, 6.07) is 3.40. The highest BCUT2D eigenvalue weighted by Gasteiger charge is 2.50. The normalized spacial score (nSPS) is 21.2. The summed E-state index contributed by atoms with van der Waals surface area (Å²) in [5.74, 6) is 1.93. The van der Waals surface area contributed by atoms with E-state index < -0.39 is 7.12 Å². The van der Waals surface area contributed by atoms with Crippen LogP contribution < -0.4 is 0 Å². The van der Waals surface area contributed by atoms with Gasteiger partial charge in [-0.25, -0.2) is 4.98 Å². The first-order chi connectivity index (χ1) is 8.71. The first-order valence-electron chi connectivity index (χ1n) is 6.42. The van der Waals surface area contributed by atoms with Gasteiger partial charge in [0.15, 0.2) is 0 Å². The van der Waals surface area contributed by atoms with E-state index in [0.717, 1.165) is 5.69 Å². The van der Waals surface area contributed by atoms with Gasteiger partial charge in [0.05, 0.1) is 11.2 Å². The van der Waals surface area contributed by atoms with Gasteiger partial charge in [-0.2, -0.15) is 0 Å². The molecule has 0 spiro atoms. The third-order valence-corrected chi connectivity index (χ3v) is 3.72. The molecule has 0 aromatic carbocycles. The third-order valence-electron chi connectivity index (χ3n) is 3.72. The van der Waals surface area contributed by atoms with Gasteiger partial charge >= 0.3 is 7.12 Å². The fourth-order valence-corrected chi connectivity index (χ4v) is 1.83. The molecule has 5 heteroatoms. The lowest BCUT2D eigenvalue weighted by Gasteiger charge is -2.32. The Bertz CT molecular complexity index is 495. The van der Waals surface area contributed by atoms with E-state index in [-0.39, 0.29) is 17.0 Å². The molecule has 1 N–H and O–H groups in total. The van der Waals surface area contributed by atoms with E-state index >= 15 is 0 Å². The number of rotatable bonds is 2. The molecule has 0 atom stereocenters. The lowest BCUT2D eigenvalue weighted by Crippen LogP contribution is -2.41. The van der Waals surface area contributed by atoms with Crippen LogP contribution in [0, 0.1) is 6.92 Å². The average molecular weight is 261 g/mol. The molecule has 102 valence electrons. The Morgan fingerprint density at radius 3 is 2.32 bits per heavy atom. The van der Waals surface area contributed by atoms with Gasteiger partial charge in [0.25, 0.3) is 0 Å². The van der Waals surface area contributed by atoms with Crippen molar-refractivity contribution in [3.63, 3.8) is 0 Å². The topological polar surface area (TPSA) is 51.6 Å². The predicted molar refractivity (Wildman–Crippen MR) is 75.8 cm³/mol. The number of aromatic nitrogens is 1. The van der Waals surface area contributed by atoms with Crippen molar-refractivity contribution in [2.24, 2.45) is 0 Å². The molecule has 0 aliphatic carbocycles. The Morgan fingerprint density at radius 1 is 1.16 bits per heavy atom. The Kier molecular flexibility index (Phi) is 3.45. The van der Waals surface area contributed by atoms with E-state index in [1.807, 2.05) is 34.6 Å². The third kappa shape index (κ3) is 2.82. The molecule has 0 bridgehead atoms. The van der Waals surface area contributed by atoms with Gasteiger partial charge in [-0.3, -0.25) is 0 Å². The zero-order chi connectivity index (χ0) is 14.3. The molecule has 0 radical (unpaired) electrons. The van der Waals surface area contributed by atoms with Crippen LogP contribution in [0.15, 0.2) is 18.1 Å². The van der Waals surface area contributed by atoms with Crippen LogP contribution in [-0.2, 0) is 9.31 Å². The number of aromatic hydroxyl groups is 1. The number of hydrogen-bond donors (Lipinski definition) is 1. The number of nitrogens with zero attached hydrogens (tertiary/aromatic N) is 1. The second-order valence-corrected chi connectivity index (χ2v) is 5.84. The molecule has 1 aromatic rings. The second kappa shape index (κ2) is 4.65. The predicted octanol–water partition coefficient (Wildman–Crippen LogP) is 2.74. The van der Waals surface area contributed by atoms with Gasteiger partial charge in [-0.05, 0) is 52.8 Å². The molecule has 0 saturated carbocycles. The van der Waals surface area contributed by atoms with Gasteiger partial charge in [-0.15, -0.1) is 0 Å². The minimum absolute atomic E-state index is 0.151. The highest BCUT2D eigenvalue weighted by Crippen LogP contribution is 2.37. The fourth-order valence-electron chi connectivity index (χ4n) is 1.83. The molecular weight excluding hydrogens is 241 g/mol. The molecule has 1 aliphatic heterocycles. The van der Waals surface area contributed by atoms with Crippen LogP contribution >= 0.6 is 0 Å². The molecule has 1 saturated heterocycles. The van der Waals surface area contributed by atoms with Gasteiger partial charge in [0.1, 0.15) is 11.4 Å². The monoisotopic (exact) mass is 261 g/mol. The zero-order valence-electron chi connectivity index (χ0n) is 12.1. The molecule has 2 heterocycles. The molecule has 0 unspecified atom stereocenters.